The molecule has 0 radical (unpaired) electrons. The van der Waals surface area contributed by atoms with Crippen molar-refractivity contribution in [2.75, 3.05) is 13.6 Å². The molecule has 2 aromatic rings. The van der Waals surface area contributed by atoms with Gasteiger partial charge in [-0.2, -0.15) is 0 Å². The molecule has 0 aliphatic carbocycles. The Balaban J connectivity index is 2.39. The maximum absolute atomic E-state index is 6.30. The highest BCUT2D eigenvalue weighted by molar-refractivity contribution is 6.32. The fourth-order valence-corrected chi connectivity index (χ4v) is 2.79. The minimum absolute atomic E-state index is 0.838. The zero-order valence-electron chi connectivity index (χ0n) is 9.79. The number of likely N-dealkylation sites (N-methyl/N-ethyl adjacent to an activating group) is 1. The Labute approximate surface area is 105 Å². The predicted octanol–water partition coefficient (Wildman–Crippen LogP) is 3.72. The number of nitrogens with zero attached hydrogens (tertiary/aromatic N) is 1. The third-order valence-corrected chi connectivity index (χ3v) is 3.75. The second kappa shape index (κ2) is 3.90. The minimum Gasteiger partial charge on any atom is -0.456 e. The van der Waals surface area contributed by atoms with Gasteiger partial charge in [-0.1, -0.05) is 18.2 Å². The first-order valence-corrected chi connectivity index (χ1v) is 6.12. The van der Waals surface area contributed by atoms with Crippen molar-refractivity contribution in [3.63, 3.8) is 0 Å². The van der Waals surface area contributed by atoms with Gasteiger partial charge in [-0.15, -0.1) is 0 Å². The molecule has 1 aromatic carbocycles. The zero-order valence-corrected chi connectivity index (χ0v) is 10.5. The normalized spacial score (nSPS) is 16.1. The molecule has 0 spiro atoms. The summed E-state index contributed by atoms with van der Waals surface area (Å²) in [6.45, 7) is 5.73. The Bertz CT molecular complexity index is 600. The van der Waals surface area contributed by atoms with E-state index in [1.807, 2.05) is 12.1 Å². The van der Waals surface area contributed by atoms with Gasteiger partial charge in [-0.05, 0) is 37.2 Å². The number of furan rings is 1. The van der Waals surface area contributed by atoms with Crippen LogP contribution in [-0.2, 0) is 13.0 Å². The van der Waals surface area contributed by atoms with Gasteiger partial charge in [0.2, 0.25) is 0 Å². The van der Waals surface area contributed by atoms with Gasteiger partial charge in [0, 0.05) is 29.1 Å². The summed E-state index contributed by atoms with van der Waals surface area (Å²) in [4.78, 5) is 2.29. The van der Waals surface area contributed by atoms with Crippen molar-refractivity contribution in [1.29, 1.82) is 0 Å². The third kappa shape index (κ3) is 1.60. The lowest BCUT2D eigenvalue weighted by Crippen LogP contribution is -2.18. The second-order valence-corrected chi connectivity index (χ2v) is 4.94. The van der Waals surface area contributed by atoms with E-state index in [4.69, 9.17) is 16.0 Å². The lowest BCUT2D eigenvalue weighted by molar-refractivity contribution is 0.334. The molecule has 0 unspecified atom stereocenters. The average Bonchev–Trinajstić information content (AvgIpc) is 2.56. The Hall–Kier alpha value is -1.25. The van der Waals surface area contributed by atoms with Crippen LogP contribution in [0.1, 0.15) is 16.9 Å². The van der Waals surface area contributed by atoms with Crippen LogP contribution in [0.3, 0.4) is 0 Å². The van der Waals surface area contributed by atoms with Crippen molar-refractivity contribution in [2.45, 2.75) is 13.0 Å². The summed E-state index contributed by atoms with van der Waals surface area (Å²) in [5.74, 6) is 0.872. The molecule has 2 heterocycles. The number of benzene rings is 1. The molecule has 88 valence electrons. The molecule has 3 rings (SSSR count). The fraction of sp³-hybridized carbons (Fsp3) is 0.286. The number of halogens is 1. The highest BCUT2D eigenvalue weighted by atomic mass is 35.5. The lowest BCUT2D eigenvalue weighted by atomic mass is 10.0. The monoisotopic (exact) mass is 247 g/mol. The van der Waals surface area contributed by atoms with Crippen LogP contribution in [0.25, 0.3) is 17.0 Å². The lowest BCUT2D eigenvalue weighted by Gasteiger charge is -2.12. The standard InChI is InChI=1S/C14H14ClNO/c1-3-12-10-8-16(2)7-6-9-11(15)4-5-13(17-12)14(9)10/h3-5H,1,6-8H2,2H3. The topological polar surface area (TPSA) is 16.4 Å². The summed E-state index contributed by atoms with van der Waals surface area (Å²) in [7, 11) is 2.12. The highest BCUT2D eigenvalue weighted by Crippen LogP contribution is 2.36. The molecule has 0 fully saturated rings. The zero-order chi connectivity index (χ0) is 12.0. The molecule has 0 saturated carbocycles. The Morgan fingerprint density at radius 1 is 1.41 bits per heavy atom. The maximum Gasteiger partial charge on any atom is 0.135 e. The Kier molecular flexibility index (Phi) is 2.49. The molecule has 17 heavy (non-hydrogen) atoms. The molecule has 2 nitrogen and oxygen atoms in total. The van der Waals surface area contributed by atoms with Crippen molar-refractivity contribution in [1.82, 2.24) is 4.90 Å². The molecule has 1 aromatic heterocycles. The average molecular weight is 248 g/mol. The van der Waals surface area contributed by atoms with Crippen LogP contribution in [0.2, 0.25) is 5.02 Å². The fourth-order valence-electron chi connectivity index (χ4n) is 2.54. The molecule has 0 amide bonds. The predicted molar refractivity (Wildman–Crippen MR) is 71.4 cm³/mol. The van der Waals surface area contributed by atoms with Crippen LogP contribution in [0.4, 0.5) is 0 Å². The van der Waals surface area contributed by atoms with Crippen LogP contribution in [-0.4, -0.2) is 18.5 Å². The SMILES string of the molecule is C=Cc1oc2ccc(Cl)c3c2c1CN(C)CC3. The van der Waals surface area contributed by atoms with E-state index in [1.165, 1.54) is 16.5 Å². The van der Waals surface area contributed by atoms with Gasteiger partial charge in [-0.3, -0.25) is 0 Å². The molecule has 0 N–H and O–H groups in total. The highest BCUT2D eigenvalue weighted by Gasteiger charge is 2.21. The Morgan fingerprint density at radius 2 is 2.24 bits per heavy atom. The van der Waals surface area contributed by atoms with Crippen molar-refractivity contribution in [2.24, 2.45) is 0 Å². The van der Waals surface area contributed by atoms with E-state index in [1.54, 1.807) is 6.08 Å². The van der Waals surface area contributed by atoms with Crippen LogP contribution < -0.4 is 0 Å². The second-order valence-electron chi connectivity index (χ2n) is 4.54. The van der Waals surface area contributed by atoms with Gasteiger partial charge in [0.1, 0.15) is 11.3 Å². The van der Waals surface area contributed by atoms with Crippen LogP contribution >= 0.6 is 11.6 Å². The number of rotatable bonds is 1. The van der Waals surface area contributed by atoms with Crippen LogP contribution in [0.15, 0.2) is 23.1 Å². The van der Waals surface area contributed by atoms with Crippen LogP contribution in [0.5, 0.6) is 0 Å². The molecule has 3 heteroatoms. The van der Waals surface area contributed by atoms with E-state index in [9.17, 15) is 0 Å². The molecule has 0 bridgehead atoms. The molecule has 1 aliphatic heterocycles. The summed E-state index contributed by atoms with van der Waals surface area (Å²) in [6, 6.07) is 3.87. The molecule has 0 atom stereocenters. The van der Waals surface area contributed by atoms with Gasteiger partial charge in [0.15, 0.2) is 0 Å². The van der Waals surface area contributed by atoms with Gasteiger partial charge in [0.25, 0.3) is 0 Å². The van der Waals surface area contributed by atoms with Gasteiger partial charge in [0.05, 0.1) is 0 Å². The molecule has 0 saturated heterocycles. The third-order valence-electron chi connectivity index (χ3n) is 3.39. The summed E-state index contributed by atoms with van der Waals surface area (Å²) < 4.78 is 5.82. The van der Waals surface area contributed by atoms with E-state index >= 15 is 0 Å². The van der Waals surface area contributed by atoms with E-state index in [2.05, 4.69) is 18.5 Å². The van der Waals surface area contributed by atoms with Crippen molar-refractivity contribution >= 4 is 28.6 Å². The van der Waals surface area contributed by atoms with Crippen LogP contribution in [0, 0.1) is 0 Å². The van der Waals surface area contributed by atoms with E-state index in [0.717, 1.165) is 35.9 Å². The first kappa shape index (κ1) is 10.9. The van der Waals surface area contributed by atoms with E-state index in [-0.39, 0.29) is 0 Å². The number of hydrogen-bond donors (Lipinski definition) is 0. The quantitative estimate of drug-likeness (QED) is 0.764. The number of hydrogen-bond acceptors (Lipinski definition) is 2. The summed E-state index contributed by atoms with van der Waals surface area (Å²) in [6.07, 6.45) is 2.75. The maximum atomic E-state index is 6.30. The van der Waals surface area contributed by atoms with Crippen molar-refractivity contribution in [3.05, 3.63) is 40.6 Å². The van der Waals surface area contributed by atoms with E-state index < -0.39 is 0 Å². The summed E-state index contributed by atoms with van der Waals surface area (Å²) >= 11 is 6.30. The molecular weight excluding hydrogens is 234 g/mol. The van der Waals surface area contributed by atoms with Gasteiger partial charge in [-0.25, -0.2) is 0 Å². The first-order valence-electron chi connectivity index (χ1n) is 5.74. The van der Waals surface area contributed by atoms with Gasteiger partial charge < -0.3 is 9.32 Å². The first-order chi connectivity index (χ1) is 8.20. The van der Waals surface area contributed by atoms with Crippen molar-refractivity contribution in [3.8, 4) is 0 Å². The largest absolute Gasteiger partial charge is 0.456 e. The van der Waals surface area contributed by atoms with Gasteiger partial charge >= 0.3 is 0 Å². The minimum atomic E-state index is 0.838. The molecular formula is C14H14ClNO. The molecule has 1 aliphatic rings. The van der Waals surface area contributed by atoms with E-state index in [0.29, 0.717) is 0 Å². The summed E-state index contributed by atoms with van der Waals surface area (Å²) in [5, 5.41) is 2.03. The van der Waals surface area contributed by atoms with Crippen molar-refractivity contribution < 1.29 is 4.42 Å². The Morgan fingerprint density at radius 3 is 3.00 bits per heavy atom. The smallest absolute Gasteiger partial charge is 0.135 e. The summed E-state index contributed by atoms with van der Waals surface area (Å²) in [5.41, 5.74) is 3.34.